The van der Waals surface area contributed by atoms with Gasteiger partial charge in [0.2, 0.25) is 0 Å². The van der Waals surface area contributed by atoms with E-state index in [0.717, 1.165) is 27.4 Å². The average Bonchev–Trinajstić information content (AvgIpc) is 3.16. The molecule has 23 heavy (non-hydrogen) atoms. The Balaban J connectivity index is 1.91. The molecule has 114 valence electrons. The van der Waals surface area contributed by atoms with Gasteiger partial charge in [0.15, 0.2) is 4.90 Å². The predicted octanol–water partition coefficient (Wildman–Crippen LogP) is 3.39. The molecule has 1 aromatic carbocycles. The van der Waals surface area contributed by atoms with Crippen molar-refractivity contribution in [2.24, 2.45) is 0 Å². The Morgan fingerprint density at radius 2 is 1.78 bits per heavy atom. The third-order valence-corrected chi connectivity index (χ3v) is 4.61. The molecule has 5 nitrogen and oxygen atoms in total. The third kappa shape index (κ3) is 2.42. The molecule has 0 radical (unpaired) electrons. The first-order valence-corrected chi connectivity index (χ1v) is 8.59. The van der Waals surface area contributed by atoms with Crippen LogP contribution in [0.25, 0.3) is 28.4 Å². The lowest BCUT2D eigenvalue weighted by Gasteiger charge is -2.06. The van der Waals surface area contributed by atoms with Gasteiger partial charge in [-0.25, -0.2) is 0 Å². The summed E-state index contributed by atoms with van der Waals surface area (Å²) in [6, 6.07) is 11.5. The number of imidazole rings is 1. The maximum Gasteiger partial charge on any atom is 0.306 e. The van der Waals surface area contributed by atoms with Gasteiger partial charge >= 0.3 is 5.84 Å². The SMILES string of the molecule is C[S+]([O-])c1ccc(-c2nc3occn3c2-c2ccncc2)cc1. The summed E-state index contributed by atoms with van der Waals surface area (Å²) in [5, 5.41) is 0. The van der Waals surface area contributed by atoms with Crippen LogP contribution in [-0.4, -0.2) is 25.2 Å². The minimum Gasteiger partial charge on any atom is -0.612 e. The smallest absolute Gasteiger partial charge is 0.306 e. The lowest BCUT2D eigenvalue weighted by atomic mass is 10.1. The molecule has 0 spiro atoms. The molecular formula is C17H13N3O2S. The van der Waals surface area contributed by atoms with Gasteiger partial charge in [0.1, 0.15) is 18.2 Å². The fourth-order valence-corrected chi connectivity index (χ4v) is 3.10. The number of aromatic nitrogens is 3. The first-order chi connectivity index (χ1) is 11.2. The summed E-state index contributed by atoms with van der Waals surface area (Å²) in [4.78, 5) is 9.46. The molecule has 0 amide bonds. The number of hydrogen-bond acceptors (Lipinski definition) is 4. The molecule has 4 rings (SSSR count). The predicted molar refractivity (Wildman–Crippen MR) is 88.5 cm³/mol. The minimum atomic E-state index is -0.994. The molecule has 0 N–H and O–H groups in total. The largest absolute Gasteiger partial charge is 0.612 e. The van der Waals surface area contributed by atoms with Crippen molar-refractivity contribution in [1.29, 1.82) is 0 Å². The van der Waals surface area contributed by atoms with Crippen LogP contribution in [0.5, 0.6) is 0 Å². The van der Waals surface area contributed by atoms with Gasteiger partial charge in [-0.2, -0.15) is 4.98 Å². The van der Waals surface area contributed by atoms with Crippen LogP contribution in [0.15, 0.2) is 70.6 Å². The molecule has 1 atom stereocenters. The van der Waals surface area contributed by atoms with E-state index in [1.165, 1.54) is 0 Å². The zero-order valence-electron chi connectivity index (χ0n) is 12.3. The van der Waals surface area contributed by atoms with Gasteiger partial charge in [0, 0.05) is 29.7 Å². The van der Waals surface area contributed by atoms with E-state index in [2.05, 4.69) is 9.97 Å². The third-order valence-electron chi connectivity index (χ3n) is 3.68. The monoisotopic (exact) mass is 323 g/mol. The van der Waals surface area contributed by atoms with E-state index in [1.807, 2.05) is 47.0 Å². The molecular weight excluding hydrogens is 310 g/mol. The summed E-state index contributed by atoms with van der Waals surface area (Å²) in [6.45, 7) is 0. The number of nitrogens with zero attached hydrogens (tertiary/aromatic N) is 3. The van der Waals surface area contributed by atoms with E-state index in [9.17, 15) is 4.55 Å². The molecule has 6 heteroatoms. The molecule has 0 fully saturated rings. The summed E-state index contributed by atoms with van der Waals surface area (Å²) >= 11 is -0.994. The second kappa shape index (κ2) is 5.57. The van der Waals surface area contributed by atoms with Crippen LogP contribution in [0, 0.1) is 0 Å². The number of hydrogen-bond donors (Lipinski definition) is 0. The van der Waals surface area contributed by atoms with E-state index < -0.39 is 11.2 Å². The van der Waals surface area contributed by atoms with Crippen LogP contribution in [0.1, 0.15) is 0 Å². The number of rotatable bonds is 3. The van der Waals surface area contributed by atoms with E-state index in [1.54, 1.807) is 24.9 Å². The van der Waals surface area contributed by atoms with E-state index in [-0.39, 0.29) is 0 Å². The number of benzene rings is 1. The zero-order chi connectivity index (χ0) is 15.8. The average molecular weight is 323 g/mol. The lowest BCUT2D eigenvalue weighted by Crippen LogP contribution is -1.96. The number of fused-ring (bicyclic) bond motifs is 1. The molecule has 0 saturated carbocycles. The van der Waals surface area contributed by atoms with Gasteiger partial charge in [-0.3, -0.25) is 9.38 Å². The van der Waals surface area contributed by atoms with Gasteiger partial charge in [0.05, 0.1) is 5.69 Å². The molecule has 1 unspecified atom stereocenters. The summed E-state index contributed by atoms with van der Waals surface area (Å²) in [7, 11) is 0. The zero-order valence-corrected chi connectivity index (χ0v) is 13.2. The normalized spacial score (nSPS) is 12.6. The maximum atomic E-state index is 11.6. The second-order valence-corrected chi connectivity index (χ2v) is 6.46. The Morgan fingerprint density at radius 3 is 2.48 bits per heavy atom. The molecule has 4 aromatic rings. The minimum absolute atomic E-state index is 0.537. The lowest BCUT2D eigenvalue weighted by molar-refractivity contribution is 0.596. The number of oxazole rings is 1. The fraction of sp³-hybridized carbons (Fsp3) is 0.0588. The molecule has 0 aliphatic heterocycles. The molecule has 0 aliphatic rings. The molecule has 3 aromatic heterocycles. The van der Waals surface area contributed by atoms with Crippen LogP contribution in [-0.2, 0) is 11.2 Å². The van der Waals surface area contributed by atoms with Crippen molar-refractivity contribution in [3.63, 3.8) is 0 Å². The van der Waals surface area contributed by atoms with Crippen LogP contribution in [0.4, 0.5) is 0 Å². The molecule has 0 saturated heterocycles. The van der Waals surface area contributed by atoms with Gasteiger partial charge in [-0.15, -0.1) is 0 Å². The standard InChI is InChI=1S/C17H13N3O2S/c1-23(21)14-4-2-12(3-5-14)15-16(13-6-8-18-9-7-13)20-10-11-22-17(20)19-15/h2-11H,1H3. The van der Waals surface area contributed by atoms with Crippen molar-refractivity contribution in [3.8, 4) is 22.5 Å². The summed E-state index contributed by atoms with van der Waals surface area (Å²) in [6.07, 6.45) is 8.63. The van der Waals surface area contributed by atoms with Gasteiger partial charge < -0.3 is 8.97 Å². The van der Waals surface area contributed by atoms with E-state index in [0.29, 0.717) is 5.84 Å². The van der Waals surface area contributed by atoms with E-state index >= 15 is 0 Å². The summed E-state index contributed by atoms with van der Waals surface area (Å²) in [5.74, 6) is 0.537. The molecule has 0 aliphatic carbocycles. The Kier molecular flexibility index (Phi) is 3.40. The van der Waals surface area contributed by atoms with Crippen molar-refractivity contribution in [3.05, 3.63) is 61.3 Å². The van der Waals surface area contributed by atoms with Crippen LogP contribution >= 0.6 is 0 Å². The summed E-state index contributed by atoms with van der Waals surface area (Å²) in [5.41, 5.74) is 3.72. The van der Waals surface area contributed by atoms with Crippen molar-refractivity contribution in [2.75, 3.05) is 6.26 Å². The summed E-state index contributed by atoms with van der Waals surface area (Å²) < 4.78 is 18.9. The Morgan fingerprint density at radius 1 is 1.04 bits per heavy atom. The quantitative estimate of drug-likeness (QED) is 0.542. The highest BCUT2D eigenvalue weighted by molar-refractivity contribution is 7.90. The van der Waals surface area contributed by atoms with Crippen LogP contribution in [0.3, 0.4) is 0 Å². The van der Waals surface area contributed by atoms with Crippen molar-refractivity contribution >= 4 is 17.0 Å². The fourth-order valence-electron chi connectivity index (χ4n) is 2.58. The van der Waals surface area contributed by atoms with E-state index in [4.69, 9.17) is 4.42 Å². The van der Waals surface area contributed by atoms with Crippen LogP contribution in [0.2, 0.25) is 0 Å². The highest BCUT2D eigenvalue weighted by atomic mass is 32.2. The highest BCUT2D eigenvalue weighted by Gasteiger charge is 2.18. The van der Waals surface area contributed by atoms with Gasteiger partial charge in [0.25, 0.3) is 0 Å². The Hall–Kier alpha value is -2.57. The van der Waals surface area contributed by atoms with Crippen LogP contribution < -0.4 is 0 Å². The number of pyridine rings is 1. The molecule has 3 heterocycles. The first kappa shape index (κ1) is 14.0. The van der Waals surface area contributed by atoms with Gasteiger partial charge in [-0.1, -0.05) is 0 Å². The Bertz CT molecular complexity index is 943. The van der Waals surface area contributed by atoms with Crippen molar-refractivity contribution < 1.29 is 8.97 Å². The molecule has 0 bridgehead atoms. The van der Waals surface area contributed by atoms with Crippen molar-refractivity contribution in [2.45, 2.75) is 4.90 Å². The topological polar surface area (TPSA) is 66.4 Å². The second-order valence-electron chi connectivity index (χ2n) is 5.08. The Labute approximate surface area is 135 Å². The first-order valence-electron chi connectivity index (χ1n) is 7.04. The van der Waals surface area contributed by atoms with Gasteiger partial charge in [-0.05, 0) is 47.6 Å². The highest BCUT2D eigenvalue weighted by Crippen LogP contribution is 2.33. The van der Waals surface area contributed by atoms with Crippen molar-refractivity contribution in [1.82, 2.24) is 14.4 Å². The maximum absolute atomic E-state index is 11.6.